The van der Waals surface area contributed by atoms with Gasteiger partial charge >= 0.3 is 17.9 Å². The van der Waals surface area contributed by atoms with Crippen LogP contribution in [0.15, 0.2) is 30.3 Å². The predicted octanol–water partition coefficient (Wildman–Crippen LogP) is 4.69. The fourth-order valence-electron chi connectivity index (χ4n) is 1.67. The number of aliphatic carboxylic acids is 2. The fraction of sp³-hybridized carbons (Fsp3) is 0.526. The topological polar surface area (TPSA) is 112 Å². The van der Waals surface area contributed by atoms with Gasteiger partial charge in [-0.3, -0.25) is 9.59 Å². The highest BCUT2D eigenvalue weighted by molar-refractivity contribution is 5.87. The molecule has 0 saturated carbocycles. The van der Waals surface area contributed by atoms with E-state index in [1.54, 1.807) is 30.3 Å². The molecule has 0 aliphatic rings. The zero-order chi connectivity index (χ0) is 19.5. The van der Waals surface area contributed by atoms with Gasteiger partial charge in [-0.2, -0.15) is 0 Å². The van der Waals surface area contributed by atoms with Crippen molar-refractivity contribution in [2.24, 2.45) is 0 Å². The summed E-state index contributed by atoms with van der Waals surface area (Å²) in [6, 6.07) is 8.30. The standard InChI is InChI=1S/C8H16O2.C7H6O2.C4H8O2/c1-2-3-4-5-6-7-8(9)10;8-7(9)6-4-2-1-3-5-6;1-2-3-4(5)6/h2-7H2,1H3,(H,9,10);1-5H,(H,8,9);2-3H2,1H3,(H,5,6). The number of aromatic carboxylic acids is 1. The molecule has 0 amide bonds. The summed E-state index contributed by atoms with van der Waals surface area (Å²) in [4.78, 5) is 29.8. The number of carboxylic acids is 3. The molecular weight excluding hydrogens is 324 g/mol. The van der Waals surface area contributed by atoms with Gasteiger partial charge in [-0.15, -0.1) is 0 Å². The number of unbranched alkanes of at least 4 members (excludes halogenated alkanes) is 4. The van der Waals surface area contributed by atoms with Crippen LogP contribution in [0.5, 0.6) is 0 Å². The molecule has 142 valence electrons. The number of hydrogen-bond acceptors (Lipinski definition) is 3. The van der Waals surface area contributed by atoms with Gasteiger partial charge in [0.1, 0.15) is 0 Å². The molecule has 0 fully saturated rings. The lowest BCUT2D eigenvalue weighted by atomic mass is 10.1. The van der Waals surface area contributed by atoms with E-state index in [1.807, 2.05) is 6.92 Å². The first-order valence-electron chi connectivity index (χ1n) is 8.57. The van der Waals surface area contributed by atoms with Gasteiger partial charge in [0.2, 0.25) is 0 Å². The highest BCUT2D eigenvalue weighted by Crippen LogP contribution is 2.04. The fourth-order valence-corrected chi connectivity index (χ4v) is 1.67. The molecule has 0 heterocycles. The Bertz CT molecular complexity index is 470. The lowest BCUT2D eigenvalue weighted by molar-refractivity contribution is -0.138. The smallest absolute Gasteiger partial charge is 0.335 e. The summed E-state index contributed by atoms with van der Waals surface area (Å²) in [7, 11) is 0. The Morgan fingerprint density at radius 2 is 1.24 bits per heavy atom. The van der Waals surface area contributed by atoms with Crippen LogP contribution in [0.4, 0.5) is 0 Å². The number of hydrogen-bond donors (Lipinski definition) is 3. The van der Waals surface area contributed by atoms with Crippen molar-refractivity contribution in [2.75, 3.05) is 0 Å². The van der Waals surface area contributed by atoms with Crippen molar-refractivity contribution in [3.63, 3.8) is 0 Å². The molecule has 0 radical (unpaired) electrons. The van der Waals surface area contributed by atoms with E-state index in [4.69, 9.17) is 15.3 Å². The normalized spacial score (nSPS) is 9.04. The van der Waals surface area contributed by atoms with Crippen molar-refractivity contribution in [1.29, 1.82) is 0 Å². The molecule has 0 aromatic heterocycles. The lowest BCUT2D eigenvalue weighted by Gasteiger charge is -1.95. The number of benzene rings is 1. The van der Waals surface area contributed by atoms with Gasteiger partial charge in [-0.1, -0.05) is 57.7 Å². The molecule has 0 unspecified atom stereocenters. The van der Waals surface area contributed by atoms with Gasteiger partial charge in [0.05, 0.1) is 5.56 Å². The average molecular weight is 354 g/mol. The van der Waals surface area contributed by atoms with Crippen molar-refractivity contribution in [3.8, 4) is 0 Å². The van der Waals surface area contributed by atoms with E-state index in [9.17, 15) is 14.4 Å². The summed E-state index contributed by atoms with van der Waals surface area (Å²) in [5, 5.41) is 24.6. The van der Waals surface area contributed by atoms with Crippen LogP contribution in [0.2, 0.25) is 0 Å². The molecule has 1 rings (SSSR count). The average Bonchev–Trinajstić information content (AvgIpc) is 2.56. The third kappa shape index (κ3) is 21.6. The molecule has 25 heavy (non-hydrogen) atoms. The lowest BCUT2D eigenvalue weighted by Crippen LogP contribution is -1.93. The Morgan fingerprint density at radius 3 is 1.56 bits per heavy atom. The first kappa shape index (κ1) is 24.9. The number of rotatable bonds is 9. The molecule has 0 bridgehead atoms. The summed E-state index contributed by atoms with van der Waals surface area (Å²) in [5.74, 6) is -2.26. The zero-order valence-electron chi connectivity index (χ0n) is 15.1. The second kappa shape index (κ2) is 18.0. The van der Waals surface area contributed by atoms with Crippen LogP contribution < -0.4 is 0 Å². The molecule has 0 aliphatic carbocycles. The molecule has 1 aromatic rings. The Hall–Kier alpha value is -2.37. The molecule has 3 N–H and O–H groups in total. The van der Waals surface area contributed by atoms with Crippen molar-refractivity contribution in [3.05, 3.63) is 35.9 Å². The molecule has 0 saturated heterocycles. The van der Waals surface area contributed by atoms with Crippen LogP contribution >= 0.6 is 0 Å². The third-order valence-electron chi connectivity index (χ3n) is 2.98. The van der Waals surface area contributed by atoms with Crippen LogP contribution in [-0.4, -0.2) is 33.2 Å². The van der Waals surface area contributed by atoms with E-state index in [1.165, 1.54) is 19.3 Å². The summed E-state index contributed by atoms with van der Waals surface area (Å²) >= 11 is 0. The van der Waals surface area contributed by atoms with Crippen LogP contribution in [-0.2, 0) is 9.59 Å². The maximum absolute atomic E-state index is 10.2. The molecule has 0 atom stereocenters. The van der Waals surface area contributed by atoms with Crippen molar-refractivity contribution >= 4 is 17.9 Å². The van der Waals surface area contributed by atoms with E-state index in [0.29, 0.717) is 18.4 Å². The quantitative estimate of drug-likeness (QED) is 0.555. The van der Waals surface area contributed by atoms with Crippen LogP contribution in [0, 0.1) is 0 Å². The van der Waals surface area contributed by atoms with Crippen molar-refractivity contribution in [1.82, 2.24) is 0 Å². The van der Waals surface area contributed by atoms with Gasteiger partial charge in [-0.25, -0.2) is 4.79 Å². The van der Waals surface area contributed by atoms with Crippen molar-refractivity contribution < 1.29 is 29.7 Å². The van der Waals surface area contributed by atoms with Crippen molar-refractivity contribution in [2.45, 2.75) is 65.2 Å². The van der Waals surface area contributed by atoms with E-state index in [2.05, 4.69) is 6.92 Å². The van der Waals surface area contributed by atoms with E-state index in [-0.39, 0.29) is 0 Å². The van der Waals surface area contributed by atoms with Crippen LogP contribution in [0.25, 0.3) is 0 Å². The van der Waals surface area contributed by atoms with E-state index < -0.39 is 17.9 Å². The largest absolute Gasteiger partial charge is 0.481 e. The first-order chi connectivity index (χ1) is 11.8. The number of carbonyl (C=O) groups is 3. The molecule has 6 heteroatoms. The molecule has 1 aromatic carbocycles. The van der Waals surface area contributed by atoms with Gasteiger partial charge in [0, 0.05) is 12.8 Å². The SMILES string of the molecule is CCCC(=O)O.CCCCCCCC(=O)O.O=C(O)c1ccccc1. The van der Waals surface area contributed by atoms with Gasteiger partial charge < -0.3 is 15.3 Å². The highest BCUT2D eigenvalue weighted by Gasteiger charge is 1.96. The summed E-state index contributed by atoms with van der Waals surface area (Å²) < 4.78 is 0. The Kier molecular flexibility index (Phi) is 17.9. The minimum atomic E-state index is -0.879. The Labute approximate surface area is 149 Å². The molecule has 0 spiro atoms. The van der Waals surface area contributed by atoms with Gasteiger partial charge in [-0.05, 0) is 25.0 Å². The molecular formula is C19H30O6. The monoisotopic (exact) mass is 354 g/mol. The molecule has 6 nitrogen and oxygen atoms in total. The maximum Gasteiger partial charge on any atom is 0.335 e. The van der Waals surface area contributed by atoms with Crippen LogP contribution in [0.1, 0.15) is 75.6 Å². The summed E-state index contributed by atoms with van der Waals surface area (Å²) in [6.07, 6.45) is 6.91. The first-order valence-corrected chi connectivity index (χ1v) is 8.57. The van der Waals surface area contributed by atoms with E-state index in [0.717, 1.165) is 19.3 Å². The minimum absolute atomic E-state index is 0.292. The Morgan fingerprint density at radius 1 is 0.720 bits per heavy atom. The summed E-state index contributed by atoms with van der Waals surface area (Å²) in [6.45, 7) is 3.99. The molecule has 0 aliphatic heterocycles. The number of carboxylic acid groups (broad SMARTS) is 3. The maximum atomic E-state index is 10.2. The predicted molar refractivity (Wildman–Crippen MR) is 97.0 cm³/mol. The minimum Gasteiger partial charge on any atom is -0.481 e. The zero-order valence-corrected chi connectivity index (χ0v) is 15.1. The second-order valence-corrected chi connectivity index (χ2v) is 5.37. The second-order valence-electron chi connectivity index (χ2n) is 5.37. The Balaban J connectivity index is 0. The van der Waals surface area contributed by atoms with E-state index >= 15 is 0 Å². The van der Waals surface area contributed by atoms with Crippen LogP contribution in [0.3, 0.4) is 0 Å². The highest BCUT2D eigenvalue weighted by atomic mass is 16.4. The van der Waals surface area contributed by atoms with Gasteiger partial charge in [0.25, 0.3) is 0 Å². The van der Waals surface area contributed by atoms with Gasteiger partial charge in [0.15, 0.2) is 0 Å². The summed E-state index contributed by atoms with van der Waals surface area (Å²) in [5.41, 5.74) is 0.331. The third-order valence-corrected chi connectivity index (χ3v) is 2.98.